The van der Waals surface area contributed by atoms with Gasteiger partial charge in [-0.15, -0.1) is 5.10 Å². The van der Waals surface area contributed by atoms with E-state index in [2.05, 4.69) is 5.10 Å². The lowest BCUT2D eigenvalue weighted by molar-refractivity contribution is 0.202. The van der Waals surface area contributed by atoms with Crippen molar-refractivity contribution in [2.75, 3.05) is 18.8 Å². The van der Waals surface area contributed by atoms with Gasteiger partial charge in [-0.3, -0.25) is 0 Å². The minimum Gasteiger partial charge on any atom is -0.382 e. The first-order valence-electron chi connectivity index (χ1n) is 5.08. The summed E-state index contributed by atoms with van der Waals surface area (Å²) in [6.45, 7) is 4.63. The third-order valence-corrected chi connectivity index (χ3v) is 2.35. The highest BCUT2D eigenvalue weighted by Crippen LogP contribution is 2.15. The zero-order chi connectivity index (χ0) is 13.0. The van der Waals surface area contributed by atoms with Crippen molar-refractivity contribution in [1.82, 2.24) is 14.7 Å². The molecule has 1 amide bonds. The monoisotopic (exact) mass is 232 g/mol. The average Bonchev–Trinajstić information content (AvgIpc) is 2.66. The fourth-order valence-electron chi connectivity index (χ4n) is 1.39. The maximum Gasteiger partial charge on any atom is 0.346 e. The molecule has 0 radical (unpaired) electrons. The van der Waals surface area contributed by atoms with Gasteiger partial charge in [-0.25, -0.2) is 4.79 Å². The summed E-state index contributed by atoms with van der Waals surface area (Å²) in [4.78, 5) is 13.4. The molecular weight excluding hydrogens is 220 g/mol. The standard InChI is InChI=1S/C10H12N6O/c1-3-15(4-2)10(17)16-9(13)7(5-11)8(6-12)14-16/h3-4,13H2,1-2H3. The number of nitrogens with zero attached hydrogens (tertiary/aromatic N) is 5. The molecule has 0 atom stereocenters. The van der Waals surface area contributed by atoms with Crippen LogP contribution in [-0.4, -0.2) is 33.8 Å². The van der Waals surface area contributed by atoms with Gasteiger partial charge in [-0.05, 0) is 13.8 Å². The number of carbonyl (C=O) groups excluding carboxylic acids is 1. The van der Waals surface area contributed by atoms with Crippen LogP contribution in [0.4, 0.5) is 10.6 Å². The molecule has 7 nitrogen and oxygen atoms in total. The molecule has 88 valence electrons. The van der Waals surface area contributed by atoms with E-state index in [9.17, 15) is 4.79 Å². The Kier molecular flexibility index (Phi) is 3.68. The quantitative estimate of drug-likeness (QED) is 0.798. The molecule has 0 aliphatic carbocycles. The van der Waals surface area contributed by atoms with Gasteiger partial charge in [0.15, 0.2) is 11.5 Å². The molecule has 1 heterocycles. The predicted molar refractivity (Wildman–Crippen MR) is 59.8 cm³/mol. The molecule has 0 saturated carbocycles. The fourth-order valence-corrected chi connectivity index (χ4v) is 1.39. The average molecular weight is 232 g/mol. The molecule has 7 heteroatoms. The first kappa shape index (κ1) is 12.5. The van der Waals surface area contributed by atoms with Gasteiger partial charge in [-0.1, -0.05) is 0 Å². The van der Waals surface area contributed by atoms with E-state index in [1.807, 2.05) is 13.8 Å². The van der Waals surface area contributed by atoms with Crippen LogP contribution >= 0.6 is 0 Å². The van der Waals surface area contributed by atoms with Crippen LogP contribution in [0.5, 0.6) is 0 Å². The molecule has 1 aromatic rings. The topological polar surface area (TPSA) is 112 Å². The van der Waals surface area contributed by atoms with Crippen molar-refractivity contribution in [3.63, 3.8) is 0 Å². The van der Waals surface area contributed by atoms with Gasteiger partial charge in [0.05, 0.1) is 0 Å². The van der Waals surface area contributed by atoms with E-state index in [1.54, 1.807) is 12.1 Å². The summed E-state index contributed by atoms with van der Waals surface area (Å²) in [5.41, 5.74) is 5.42. The van der Waals surface area contributed by atoms with Crippen molar-refractivity contribution in [2.45, 2.75) is 13.8 Å². The number of hydrogen-bond acceptors (Lipinski definition) is 5. The van der Waals surface area contributed by atoms with E-state index in [0.29, 0.717) is 13.1 Å². The normalized spacial score (nSPS) is 9.41. The van der Waals surface area contributed by atoms with Crippen LogP contribution < -0.4 is 5.73 Å². The van der Waals surface area contributed by atoms with Gasteiger partial charge in [-0.2, -0.15) is 15.2 Å². The maximum absolute atomic E-state index is 12.0. The Morgan fingerprint density at radius 1 is 1.41 bits per heavy atom. The van der Waals surface area contributed by atoms with Crippen molar-refractivity contribution in [1.29, 1.82) is 10.5 Å². The van der Waals surface area contributed by atoms with E-state index >= 15 is 0 Å². The molecule has 0 fully saturated rings. The summed E-state index contributed by atoms with van der Waals surface area (Å²) in [5.74, 6) is -0.0963. The van der Waals surface area contributed by atoms with Crippen LogP contribution in [-0.2, 0) is 0 Å². The second kappa shape index (κ2) is 4.99. The highest BCUT2D eigenvalue weighted by Gasteiger charge is 2.22. The molecule has 17 heavy (non-hydrogen) atoms. The number of nitrogen functional groups attached to an aromatic ring is 1. The molecule has 0 aromatic carbocycles. The predicted octanol–water partition coefficient (Wildman–Crippen LogP) is 0.519. The lowest BCUT2D eigenvalue weighted by atomic mass is 10.3. The van der Waals surface area contributed by atoms with Gasteiger partial charge in [0.25, 0.3) is 0 Å². The third kappa shape index (κ3) is 2.04. The highest BCUT2D eigenvalue weighted by molar-refractivity contribution is 5.81. The largest absolute Gasteiger partial charge is 0.382 e. The number of anilines is 1. The van der Waals surface area contributed by atoms with Crippen LogP contribution in [0.1, 0.15) is 25.1 Å². The third-order valence-electron chi connectivity index (χ3n) is 2.35. The molecule has 0 aliphatic heterocycles. The van der Waals surface area contributed by atoms with Crippen LogP contribution in [0.2, 0.25) is 0 Å². The minimum atomic E-state index is -0.439. The van der Waals surface area contributed by atoms with E-state index in [-0.39, 0.29) is 17.1 Å². The molecule has 2 N–H and O–H groups in total. The first-order valence-corrected chi connectivity index (χ1v) is 5.08. The van der Waals surface area contributed by atoms with Crippen molar-refractivity contribution in [2.24, 2.45) is 0 Å². The van der Waals surface area contributed by atoms with Crippen LogP contribution in [0.3, 0.4) is 0 Å². The summed E-state index contributed by atoms with van der Waals surface area (Å²) in [7, 11) is 0. The van der Waals surface area contributed by atoms with Gasteiger partial charge in [0.1, 0.15) is 17.7 Å². The second-order valence-corrected chi connectivity index (χ2v) is 3.20. The molecule has 1 rings (SSSR count). The molecule has 0 bridgehead atoms. The molecule has 0 unspecified atom stereocenters. The Hall–Kier alpha value is -2.54. The van der Waals surface area contributed by atoms with E-state index in [4.69, 9.17) is 16.3 Å². The SMILES string of the molecule is CCN(CC)C(=O)n1nc(C#N)c(C#N)c1N. The summed E-state index contributed by atoms with van der Waals surface area (Å²) < 4.78 is 0.893. The van der Waals surface area contributed by atoms with E-state index in [0.717, 1.165) is 4.68 Å². The number of nitriles is 2. The van der Waals surface area contributed by atoms with Crippen LogP contribution in [0.25, 0.3) is 0 Å². The molecule has 0 spiro atoms. The Bertz CT molecular complexity index is 514. The Morgan fingerprint density at radius 2 is 2.00 bits per heavy atom. The lowest BCUT2D eigenvalue weighted by Gasteiger charge is -2.18. The maximum atomic E-state index is 12.0. The fraction of sp³-hybridized carbons (Fsp3) is 0.400. The van der Waals surface area contributed by atoms with Crippen LogP contribution in [0.15, 0.2) is 0 Å². The Labute approximate surface area is 98.6 Å². The number of nitrogens with two attached hydrogens (primary N) is 1. The summed E-state index contributed by atoms with van der Waals surface area (Å²) in [5, 5.41) is 21.3. The van der Waals surface area contributed by atoms with Gasteiger partial charge >= 0.3 is 6.03 Å². The molecule has 1 aromatic heterocycles. The van der Waals surface area contributed by atoms with Crippen molar-refractivity contribution in [3.8, 4) is 12.1 Å². The van der Waals surface area contributed by atoms with Crippen molar-refractivity contribution in [3.05, 3.63) is 11.3 Å². The van der Waals surface area contributed by atoms with E-state index < -0.39 is 6.03 Å². The summed E-state index contributed by atoms with van der Waals surface area (Å²) in [6, 6.07) is 3.06. The molecular formula is C10H12N6O. The summed E-state index contributed by atoms with van der Waals surface area (Å²) >= 11 is 0. The lowest BCUT2D eigenvalue weighted by Crippen LogP contribution is -2.35. The van der Waals surface area contributed by atoms with Crippen molar-refractivity contribution >= 4 is 11.8 Å². The molecule has 0 aliphatic rings. The number of rotatable bonds is 2. The van der Waals surface area contributed by atoms with Crippen molar-refractivity contribution < 1.29 is 4.79 Å². The van der Waals surface area contributed by atoms with Gasteiger partial charge in [0, 0.05) is 13.1 Å². The van der Waals surface area contributed by atoms with Gasteiger partial charge < -0.3 is 10.6 Å². The summed E-state index contributed by atoms with van der Waals surface area (Å²) in [6.07, 6.45) is 0. The first-order chi connectivity index (χ1) is 8.10. The Morgan fingerprint density at radius 3 is 2.35 bits per heavy atom. The van der Waals surface area contributed by atoms with E-state index in [1.165, 1.54) is 4.90 Å². The number of aromatic nitrogens is 2. The molecule has 0 saturated heterocycles. The highest BCUT2D eigenvalue weighted by atomic mass is 16.2. The second-order valence-electron chi connectivity index (χ2n) is 3.20. The Balaban J connectivity index is 3.26. The zero-order valence-electron chi connectivity index (χ0n) is 9.64. The minimum absolute atomic E-state index is 0.0620. The van der Waals surface area contributed by atoms with Crippen LogP contribution in [0, 0.1) is 22.7 Å². The number of hydrogen-bond donors (Lipinski definition) is 1. The zero-order valence-corrected chi connectivity index (χ0v) is 9.64. The smallest absolute Gasteiger partial charge is 0.346 e. The number of carbonyl (C=O) groups is 1. The van der Waals surface area contributed by atoms with Gasteiger partial charge in [0.2, 0.25) is 0 Å². The number of amides is 1.